The highest BCUT2D eigenvalue weighted by Gasteiger charge is 2.22. The van der Waals surface area contributed by atoms with E-state index in [-0.39, 0.29) is 13.2 Å². The van der Waals surface area contributed by atoms with Crippen LogP contribution in [0.2, 0.25) is 0 Å². The van der Waals surface area contributed by atoms with Gasteiger partial charge in [0.25, 0.3) is 0 Å². The average Bonchev–Trinajstić information content (AvgIpc) is 2.57. The van der Waals surface area contributed by atoms with E-state index in [4.69, 9.17) is 49.0 Å². The molecule has 2 aromatic rings. The van der Waals surface area contributed by atoms with Crippen LogP contribution in [0.3, 0.4) is 0 Å². The first-order valence-corrected chi connectivity index (χ1v) is 9.01. The Kier molecular flexibility index (Phi) is 7.44. The van der Waals surface area contributed by atoms with Gasteiger partial charge in [-0.05, 0) is 36.6 Å². The Bertz CT molecular complexity index is 742. The number of hydrogen-bond donors (Lipinski definition) is 0. The predicted octanol–water partition coefficient (Wildman–Crippen LogP) is 5.17. The van der Waals surface area contributed by atoms with Crippen molar-refractivity contribution >= 4 is 40.8 Å². The van der Waals surface area contributed by atoms with Gasteiger partial charge in [-0.2, -0.15) is 0 Å². The van der Waals surface area contributed by atoms with Gasteiger partial charge in [0.05, 0.1) is 0 Å². The first kappa shape index (κ1) is 20.7. The van der Waals surface area contributed by atoms with Crippen molar-refractivity contribution in [1.82, 2.24) is 0 Å². The monoisotopic (exact) mass is 416 g/mol. The van der Waals surface area contributed by atoms with Crippen molar-refractivity contribution in [2.24, 2.45) is 0 Å². The van der Waals surface area contributed by atoms with Crippen molar-refractivity contribution in [2.75, 3.05) is 13.2 Å². The summed E-state index contributed by atoms with van der Waals surface area (Å²) in [6.45, 7) is 3.58. The van der Waals surface area contributed by atoms with Crippen LogP contribution >= 0.6 is 34.8 Å². The molecule has 26 heavy (non-hydrogen) atoms. The minimum Gasteiger partial charge on any atom is -0.485 e. The van der Waals surface area contributed by atoms with Gasteiger partial charge in [0.15, 0.2) is 18.1 Å². The normalized spacial score (nSPS) is 11.1. The number of carbonyl (C=O) groups excluding carboxylic acids is 1. The van der Waals surface area contributed by atoms with Gasteiger partial charge in [-0.15, -0.1) is 0 Å². The molecule has 0 saturated heterocycles. The quantitative estimate of drug-likeness (QED) is 0.460. The third-order valence-corrected chi connectivity index (χ3v) is 3.68. The number of alkyl halides is 3. The Morgan fingerprint density at radius 2 is 1.73 bits per heavy atom. The van der Waals surface area contributed by atoms with Gasteiger partial charge >= 0.3 is 5.97 Å². The van der Waals surface area contributed by atoms with Crippen molar-refractivity contribution in [3.8, 4) is 11.5 Å². The summed E-state index contributed by atoms with van der Waals surface area (Å²) in [7, 11) is 0. The maximum atomic E-state index is 11.8. The molecule has 2 rings (SSSR count). The van der Waals surface area contributed by atoms with Gasteiger partial charge in [-0.25, -0.2) is 4.79 Å². The lowest BCUT2D eigenvalue weighted by atomic mass is 10.1. The second-order valence-electron chi connectivity index (χ2n) is 5.75. The number of rotatable bonds is 7. The highest BCUT2D eigenvalue weighted by molar-refractivity contribution is 6.67. The van der Waals surface area contributed by atoms with Gasteiger partial charge < -0.3 is 14.2 Å². The Morgan fingerprint density at radius 3 is 2.38 bits per heavy atom. The molecule has 0 radical (unpaired) electrons. The third-order valence-electron chi connectivity index (χ3n) is 3.35. The Morgan fingerprint density at radius 1 is 1.04 bits per heavy atom. The summed E-state index contributed by atoms with van der Waals surface area (Å²) in [5.41, 5.74) is 2.92. The fourth-order valence-corrected chi connectivity index (χ4v) is 2.44. The van der Waals surface area contributed by atoms with E-state index < -0.39 is 9.76 Å². The van der Waals surface area contributed by atoms with Crippen LogP contribution in [0.25, 0.3) is 0 Å². The van der Waals surface area contributed by atoms with Crippen LogP contribution in [-0.4, -0.2) is 23.0 Å². The summed E-state index contributed by atoms with van der Waals surface area (Å²) in [5, 5.41) is 0. The van der Waals surface area contributed by atoms with E-state index in [0.717, 1.165) is 16.7 Å². The zero-order valence-electron chi connectivity index (χ0n) is 14.4. The van der Waals surface area contributed by atoms with Crippen LogP contribution in [-0.2, 0) is 16.1 Å². The van der Waals surface area contributed by atoms with Crippen LogP contribution in [0.5, 0.6) is 11.5 Å². The fourth-order valence-electron chi connectivity index (χ4n) is 2.28. The van der Waals surface area contributed by atoms with Crippen molar-refractivity contribution < 1.29 is 19.0 Å². The Balaban J connectivity index is 2.03. The summed E-state index contributed by atoms with van der Waals surface area (Å²) in [6.07, 6.45) is 0. The number of aryl methyl sites for hydroxylation is 2. The molecule has 0 saturated carbocycles. The van der Waals surface area contributed by atoms with Crippen LogP contribution in [0.15, 0.2) is 42.5 Å². The smallest absolute Gasteiger partial charge is 0.344 e. The Hall–Kier alpha value is -1.62. The maximum Gasteiger partial charge on any atom is 0.344 e. The highest BCUT2D eigenvalue weighted by atomic mass is 35.6. The molecule has 7 heteroatoms. The average molecular weight is 418 g/mol. The van der Waals surface area contributed by atoms with Crippen molar-refractivity contribution in [3.05, 3.63) is 59.2 Å². The summed E-state index contributed by atoms with van der Waals surface area (Å²) in [5.74, 6) is 0.405. The molecular weight excluding hydrogens is 399 g/mol. The van der Waals surface area contributed by atoms with Gasteiger partial charge in [0.1, 0.15) is 13.2 Å². The van der Waals surface area contributed by atoms with Gasteiger partial charge in [0, 0.05) is 0 Å². The van der Waals surface area contributed by atoms with Gasteiger partial charge in [-0.3, -0.25) is 0 Å². The molecular formula is C19H19Cl3O4. The lowest BCUT2D eigenvalue weighted by molar-refractivity contribution is -0.145. The number of esters is 1. The maximum absolute atomic E-state index is 11.8. The lowest BCUT2D eigenvalue weighted by Crippen LogP contribution is -2.21. The molecule has 2 aromatic carbocycles. The van der Waals surface area contributed by atoms with Crippen molar-refractivity contribution in [2.45, 2.75) is 24.2 Å². The third kappa shape index (κ3) is 6.94. The van der Waals surface area contributed by atoms with E-state index in [2.05, 4.69) is 0 Å². The van der Waals surface area contributed by atoms with E-state index in [1.807, 2.05) is 50.2 Å². The number of halogens is 3. The van der Waals surface area contributed by atoms with Crippen molar-refractivity contribution in [3.63, 3.8) is 0 Å². The standard InChI is InChI=1S/C19H19Cl3O4/c1-13-8-14(2)18(25-10-15-6-4-3-5-7-15)16(9-13)24-11-17(23)26-12-19(20,21)22/h3-9H,10-12H2,1-2H3. The molecule has 0 fully saturated rings. The molecule has 0 heterocycles. The molecule has 140 valence electrons. The molecule has 0 N–H and O–H groups in total. The largest absolute Gasteiger partial charge is 0.485 e. The van der Waals surface area contributed by atoms with E-state index >= 15 is 0 Å². The van der Waals surface area contributed by atoms with Crippen LogP contribution in [0.1, 0.15) is 16.7 Å². The number of hydrogen-bond acceptors (Lipinski definition) is 4. The topological polar surface area (TPSA) is 44.8 Å². The van der Waals surface area contributed by atoms with Gasteiger partial charge in [0.2, 0.25) is 3.79 Å². The zero-order chi connectivity index (χ0) is 19.2. The molecule has 0 aliphatic carbocycles. The molecule has 0 bridgehead atoms. The molecule has 4 nitrogen and oxygen atoms in total. The molecule has 0 aromatic heterocycles. The number of ether oxygens (including phenoxy) is 3. The van der Waals surface area contributed by atoms with Crippen LogP contribution < -0.4 is 9.47 Å². The first-order valence-electron chi connectivity index (χ1n) is 7.88. The van der Waals surface area contributed by atoms with Crippen LogP contribution in [0, 0.1) is 13.8 Å². The second kappa shape index (κ2) is 9.36. The van der Waals surface area contributed by atoms with Gasteiger partial charge in [-0.1, -0.05) is 71.2 Å². The van der Waals surface area contributed by atoms with Crippen molar-refractivity contribution in [1.29, 1.82) is 0 Å². The fraction of sp³-hybridized carbons (Fsp3) is 0.316. The molecule has 0 aliphatic heterocycles. The molecule has 0 amide bonds. The first-order chi connectivity index (χ1) is 12.2. The summed E-state index contributed by atoms with van der Waals surface area (Å²) >= 11 is 16.7. The zero-order valence-corrected chi connectivity index (χ0v) is 16.7. The molecule has 0 unspecified atom stereocenters. The number of carbonyl (C=O) groups is 1. The second-order valence-corrected chi connectivity index (χ2v) is 8.26. The summed E-state index contributed by atoms with van der Waals surface area (Å²) in [4.78, 5) is 11.8. The summed E-state index contributed by atoms with van der Waals surface area (Å²) < 4.78 is 14.7. The lowest BCUT2D eigenvalue weighted by Gasteiger charge is -2.16. The molecule has 0 atom stereocenters. The van der Waals surface area contributed by atoms with Crippen LogP contribution in [0.4, 0.5) is 0 Å². The van der Waals surface area contributed by atoms with E-state index in [0.29, 0.717) is 18.1 Å². The minimum absolute atomic E-state index is 0.314. The van der Waals surface area contributed by atoms with E-state index in [1.54, 1.807) is 6.07 Å². The molecule has 0 aliphatic rings. The Labute approximate surface area is 167 Å². The van der Waals surface area contributed by atoms with E-state index in [1.165, 1.54) is 0 Å². The highest BCUT2D eigenvalue weighted by Crippen LogP contribution is 2.33. The SMILES string of the molecule is Cc1cc(C)c(OCc2ccccc2)c(OCC(=O)OCC(Cl)(Cl)Cl)c1. The number of benzene rings is 2. The molecule has 0 spiro atoms. The van der Waals surface area contributed by atoms with E-state index in [9.17, 15) is 4.79 Å². The minimum atomic E-state index is -1.65. The summed E-state index contributed by atoms with van der Waals surface area (Å²) in [6, 6.07) is 13.6. The predicted molar refractivity (Wildman–Crippen MR) is 103 cm³/mol.